The second-order valence-corrected chi connectivity index (χ2v) is 6.58. The number of nitrogen functional groups attached to an aromatic ring is 2. The fourth-order valence-electron chi connectivity index (χ4n) is 3.57. The normalized spacial score (nSPS) is 17.5. The zero-order chi connectivity index (χ0) is 17.7. The number of rotatable bonds is 3. The van der Waals surface area contributed by atoms with Crippen LogP contribution in [0.3, 0.4) is 0 Å². The van der Waals surface area contributed by atoms with Crippen LogP contribution in [0.25, 0.3) is 33.4 Å². The van der Waals surface area contributed by atoms with Crippen molar-refractivity contribution in [1.29, 1.82) is 0 Å². The Morgan fingerprint density at radius 2 is 2.19 bits per heavy atom. The van der Waals surface area contributed by atoms with Gasteiger partial charge in [0.2, 0.25) is 0 Å². The first kappa shape index (κ1) is 15.1. The third-order valence-electron chi connectivity index (χ3n) is 4.83. The molecule has 1 unspecified atom stereocenters. The fourth-order valence-corrected chi connectivity index (χ4v) is 3.57. The number of aromatic nitrogens is 5. The van der Waals surface area contributed by atoms with Crippen molar-refractivity contribution in [1.82, 2.24) is 30.0 Å². The third kappa shape index (κ3) is 2.36. The summed E-state index contributed by atoms with van der Waals surface area (Å²) in [5.74, 6) is 0.945. The number of nitrogens with two attached hydrogens (primary N) is 2. The lowest BCUT2D eigenvalue weighted by molar-refractivity contribution is 0.458. The van der Waals surface area contributed by atoms with E-state index in [0.717, 1.165) is 48.3 Å². The highest BCUT2D eigenvalue weighted by molar-refractivity contribution is 5.99. The lowest BCUT2D eigenvalue weighted by Gasteiger charge is -2.08. The van der Waals surface area contributed by atoms with Crippen molar-refractivity contribution in [3.8, 4) is 11.3 Å². The van der Waals surface area contributed by atoms with Gasteiger partial charge in [0.05, 0.1) is 5.39 Å². The van der Waals surface area contributed by atoms with Crippen LogP contribution in [0.4, 0.5) is 11.8 Å². The Morgan fingerprint density at radius 1 is 1.27 bits per heavy atom. The van der Waals surface area contributed by atoms with Crippen LogP contribution in [0.2, 0.25) is 0 Å². The van der Waals surface area contributed by atoms with Gasteiger partial charge >= 0.3 is 0 Å². The Bertz CT molecular complexity index is 1110. The molecule has 1 aromatic carbocycles. The van der Waals surface area contributed by atoms with E-state index in [-0.39, 0.29) is 6.01 Å². The number of nitrogens with one attached hydrogen (secondary N) is 1. The Morgan fingerprint density at radius 3 is 3.04 bits per heavy atom. The highest BCUT2D eigenvalue weighted by Gasteiger charge is 2.21. The summed E-state index contributed by atoms with van der Waals surface area (Å²) < 4.78 is 7.28. The molecule has 1 atom stereocenters. The van der Waals surface area contributed by atoms with E-state index in [0.29, 0.717) is 22.8 Å². The molecule has 5 rings (SSSR count). The van der Waals surface area contributed by atoms with E-state index in [9.17, 15) is 0 Å². The molecule has 0 amide bonds. The van der Waals surface area contributed by atoms with E-state index in [4.69, 9.17) is 21.0 Å². The van der Waals surface area contributed by atoms with Crippen molar-refractivity contribution in [2.45, 2.75) is 13.0 Å². The summed E-state index contributed by atoms with van der Waals surface area (Å²) in [7, 11) is 0. The first-order valence-corrected chi connectivity index (χ1v) is 8.53. The SMILES string of the molecule is Nc1nc2cc(-c3nn(CC4CCNC4)c4ncnc(N)c34)ccc2o1. The van der Waals surface area contributed by atoms with Crippen LogP contribution in [0.5, 0.6) is 0 Å². The average Bonchev–Trinajstić information content (AvgIpc) is 3.33. The van der Waals surface area contributed by atoms with E-state index < -0.39 is 0 Å². The van der Waals surface area contributed by atoms with Gasteiger partial charge in [0.15, 0.2) is 11.2 Å². The standard InChI is InChI=1S/C17H18N8O/c18-15-13-14(10-1-2-12-11(5-10)23-17(19)26-12)24-25(16(13)22-8-21-15)7-9-3-4-20-6-9/h1-2,5,8-9,20H,3-4,6-7H2,(H2,19,23)(H2,18,21,22). The van der Waals surface area contributed by atoms with Gasteiger partial charge in [0, 0.05) is 12.1 Å². The molecule has 132 valence electrons. The Balaban J connectivity index is 1.67. The van der Waals surface area contributed by atoms with Gasteiger partial charge in [-0.05, 0) is 43.6 Å². The molecule has 0 aliphatic carbocycles. The van der Waals surface area contributed by atoms with E-state index in [1.165, 1.54) is 6.33 Å². The number of hydrogen-bond donors (Lipinski definition) is 3. The number of hydrogen-bond acceptors (Lipinski definition) is 8. The maximum Gasteiger partial charge on any atom is 0.292 e. The minimum Gasteiger partial charge on any atom is -0.424 e. The monoisotopic (exact) mass is 350 g/mol. The zero-order valence-corrected chi connectivity index (χ0v) is 14.0. The van der Waals surface area contributed by atoms with Crippen molar-refractivity contribution in [2.75, 3.05) is 24.6 Å². The number of nitrogens with zero attached hydrogens (tertiary/aromatic N) is 5. The molecule has 9 nitrogen and oxygen atoms in total. The minimum absolute atomic E-state index is 0.143. The lowest BCUT2D eigenvalue weighted by Crippen LogP contribution is -2.15. The van der Waals surface area contributed by atoms with Gasteiger partial charge in [-0.1, -0.05) is 0 Å². The minimum atomic E-state index is 0.143. The molecular weight excluding hydrogens is 332 g/mol. The molecule has 0 bridgehead atoms. The average molecular weight is 350 g/mol. The van der Waals surface area contributed by atoms with Crippen LogP contribution < -0.4 is 16.8 Å². The smallest absolute Gasteiger partial charge is 0.292 e. The first-order valence-electron chi connectivity index (χ1n) is 8.53. The first-order chi connectivity index (χ1) is 12.7. The van der Waals surface area contributed by atoms with Crippen LogP contribution in [0.1, 0.15) is 6.42 Å². The van der Waals surface area contributed by atoms with E-state index in [1.807, 2.05) is 22.9 Å². The van der Waals surface area contributed by atoms with E-state index in [2.05, 4.69) is 20.3 Å². The molecule has 0 radical (unpaired) electrons. The molecule has 1 fully saturated rings. The van der Waals surface area contributed by atoms with Gasteiger partial charge < -0.3 is 21.2 Å². The molecule has 0 spiro atoms. The Kier molecular flexibility index (Phi) is 3.29. The summed E-state index contributed by atoms with van der Waals surface area (Å²) in [5.41, 5.74) is 15.5. The maximum atomic E-state index is 6.16. The molecule has 0 saturated carbocycles. The number of anilines is 2. The summed E-state index contributed by atoms with van der Waals surface area (Å²) in [6.45, 7) is 2.82. The number of fused-ring (bicyclic) bond motifs is 2. The molecule has 9 heteroatoms. The van der Waals surface area contributed by atoms with Crippen LogP contribution in [-0.2, 0) is 6.54 Å². The number of benzene rings is 1. The second-order valence-electron chi connectivity index (χ2n) is 6.58. The quantitative estimate of drug-likeness (QED) is 0.505. The van der Waals surface area contributed by atoms with Crippen molar-refractivity contribution in [2.24, 2.45) is 5.92 Å². The van der Waals surface area contributed by atoms with Crippen molar-refractivity contribution in [3.63, 3.8) is 0 Å². The Hall–Kier alpha value is -3.20. The van der Waals surface area contributed by atoms with Crippen molar-refractivity contribution in [3.05, 3.63) is 24.5 Å². The van der Waals surface area contributed by atoms with Crippen LogP contribution in [0, 0.1) is 5.92 Å². The van der Waals surface area contributed by atoms with Gasteiger partial charge in [0.1, 0.15) is 23.4 Å². The molecule has 26 heavy (non-hydrogen) atoms. The van der Waals surface area contributed by atoms with Crippen LogP contribution in [0.15, 0.2) is 28.9 Å². The molecule has 5 N–H and O–H groups in total. The van der Waals surface area contributed by atoms with Gasteiger partial charge in [-0.15, -0.1) is 0 Å². The summed E-state index contributed by atoms with van der Waals surface area (Å²) >= 11 is 0. The highest BCUT2D eigenvalue weighted by Crippen LogP contribution is 2.32. The second kappa shape index (κ2) is 5.67. The predicted molar refractivity (Wildman–Crippen MR) is 98.1 cm³/mol. The summed E-state index contributed by atoms with van der Waals surface area (Å²) in [6.07, 6.45) is 2.61. The molecule has 1 saturated heterocycles. The van der Waals surface area contributed by atoms with Gasteiger partial charge in [-0.25, -0.2) is 14.6 Å². The molecular formula is C17H18N8O. The van der Waals surface area contributed by atoms with Gasteiger partial charge in [0.25, 0.3) is 6.01 Å². The topological polar surface area (TPSA) is 134 Å². The van der Waals surface area contributed by atoms with Gasteiger partial charge in [-0.3, -0.25) is 0 Å². The summed E-state index contributed by atoms with van der Waals surface area (Å²) in [6, 6.07) is 5.79. The largest absolute Gasteiger partial charge is 0.424 e. The predicted octanol–water partition coefficient (Wildman–Crippen LogP) is 1.41. The maximum absolute atomic E-state index is 6.16. The van der Waals surface area contributed by atoms with E-state index in [1.54, 1.807) is 0 Å². The zero-order valence-electron chi connectivity index (χ0n) is 14.0. The molecule has 1 aliphatic rings. The van der Waals surface area contributed by atoms with Crippen molar-refractivity contribution >= 4 is 34.0 Å². The van der Waals surface area contributed by atoms with E-state index >= 15 is 0 Å². The molecule has 1 aliphatic heterocycles. The molecule has 4 heterocycles. The lowest BCUT2D eigenvalue weighted by atomic mass is 10.1. The van der Waals surface area contributed by atoms with Crippen LogP contribution >= 0.6 is 0 Å². The Labute approximate surface area is 148 Å². The fraction of sp³-hybridized carbons (Fsp3) is 0.294. The third-order valence-corrected chi connectivity index (χ3v) is 4.83. The molecule has 3 aromatic heterocycles. The van der Waals surface area contributed by atoms with Gasteiger partial charge in [-0.2, -0.15) is 10.1 Å². The number of oxazole rings is 1. The highest BCUT2D eigenvalue weighted by atomic mass is 16.4. The van der Waals surface area contributed by atoms with Crippen molar-refractivity contribution < 1.29 is 4.42 Å². The summed E-state index contributed by atoms with van der Waals surface area (Å²) in [5, 5.41) is 8.96. The summed E-state index contributed by atoms with van der Waals surface area (Å²) in [4.78, 5) is 12.8. The molecule has 4 aromatic rings. The van der Waals surface area contributed by atoms with Crippen LogP contribution in [-0.4, -0.2) is 37.8 Å².